The van der Waals surface area contributed by atoms with Gasteiger partial charge in [-0.05, 0) is 32.4 Å². The van der Waals surface area contributed by atoms with Crippen molar-refractivity contribution in [1.29, 1.82) is 0 Å². The van der Waals surface area contributed by atoms with Gasteiger partial charge in [-0.3, -0.25) is 4.79 Å². The molecule has 2 N–H and O–H groups in total. The maximum absolute atomic E-state index is 10.3. The summed E-state index contributed by atoms with van der Waals surface area (Å²) >= 11 is 0. The first-order valence-corrected chi connectivity index (χ1v) is 7.20. The lowest BCUT2D eigenvalue weighted by Crippen LogP contribution is -2.15. The molecule has 0 aliphatic carbocycles. The number of carboxylic acids is 1. The Morgan fingerprint density at radius 3 is 1.94 bits per heavy atom. The lowest BCUT2D eigenvalue weighted by atomic mass is 10.1. The first-order chi connectivity index (χ1) is 8.27. The van der Waals surface area contributed by atoms with E-state index in [9.17, 15) is 4.79 Å². The summed E-state index contributed by atoms with van der Waals surface area (Å²) in [6.45, 7) is 4.49. The molecule has 0 rings (SSSR count). The van der Waals surface area contributed by atoms with Gasteiger partial charge in [0.1, 0.15) is 0 Å². The second kappa shape index (κ2) is 13.5. The predicted molar refractivity (Wildman–Crippen MR) is 72.3 cm³/mol. The Hall–Kier alpha value is -0.570. The van der Waals surface area contributed by atoms with Crippen molar-refractivity contribution in [3.05, 3.63) is 0 Å². The largest absolute Gasteiger partial charge is 0.481 e. The summed E-state index contributed by atoms with van der Waals surface area (Å²) in [5.74, 6) is -0.662. The lowest BCUT2D eigenvalue weighted by Gasteiger charge is -2.03. The Kier molecular flexibility index (Phi) is 13.0. The number of carbonyl (C=O) groups is 1. The van der Waals surface area contributed by atoms with Gasteiger partial charge in [0.05, 0.1) is 0 Å². The molecule has 17 heavy (non-hydrogen) atoms. The molecule has 0 amide bonds. The van der Waals surface area contributed by atoms with Crippen molar-refractivity contribution in [3.8, 4) is 0 Å². The average Bonchev–Trinajstić information content (AvgIpc) is 2.30. The first-order valence-electron chi connectivity index (χ1n) is 7.20. The summed E-state index contributed by atoms with van der Waals surface area (Å²) in [6, 6.07) is 0. The molecule has 0 atom stereocenters. The highest BCUT2D eigenvalue weighted by atomic mass is 16.4. The molecule has 0 radical (unpaired) electrons. The third kappa shape index (κ3) is 15.4. The number of rotatable bonds is 13. The molecule has 0 aromatic heterocycles. The number of nitrogens with one attached hydrogen (secondary N) is 1. The molecule has 0 aromatic rings. The van der Waals surface area contributed by atoms with Crippen LogP contribution in [0, 0.1) is 0 Å². The molecular formula is C14H29NO2. The molecule has 0 heterocycles. The van der Waals surface area contributed by atoms with Gasteiger partial charge in [0, 0.05) is 6.42 Å². The van der Waals surface area contributed by atoms with Crippen molar-refractivity contribution in [2.75, 3.05) is 13.1 Å². The zero-order valence-electron chi connectivity index (χ0n) is 11.3. The third-order valence-corrected chi connectivity index (χ3v) is 2.92. The quantitative estimate of drug-likeness (QED) is 0.486. The van der Waals surface area contributed by atoms with Crippen molar-refractivity contribution in [3.63, 3.8) is 0 Å². The average molecular weight is 243 g/mol. The summed E-state index contributed by atoms with van der Waals surface area (Å²) in [7, 11) is 0. The topological polar surface area (TPSA) is 49.3 Å². The predicted octanol–water partition coefficient (Wildman–Crippen LogP) is 3.58. The van der Waals surface area contributed by atoms with Crippen molar-refractivity contribution in [1.82, 2.24) is 5.32 Å². The number of aliphatic carboxylic acids is 1. The van der Waals surface area contributed by atoms with Crippen molar-refractivity contribution >= 4 is 5.97 Å². The van der Waals surface area contributed by atoms with Gasteiger partial charge < -0.3 is 10.4 Å². The van der Waals surface area contributed by atoms with E-state index in [0.717, 1.165) is 25.9 Å². The van der Waals surface area contributed by atoms with E-state index in [1.165, 1.54) is 44.9 Å². The minimum atomic E-state index is -0.662. The van der Waals surface area contributed by atoms with E-state index in [1.54, 1.807) is 0 Å². The van der Waals surface area contributed by atoms with Crippen LogP contribution in [0.2, 0.25) is 0 Å². The van der Waals surface area contributed by atoms with Crippen LogP contribution >= 0.6 is 0 Å². The van der Waals surface area contributed by atoms with Gasteiger partial charge in [0.2, 0.25) is 0 Å². The Balaban J connectivity index is 2.91. The van der Waals surface area contributed by atoms with E-state index in [-0.39, 0.29) is 0 Å². The van der Waals surface area contributed by atoms with E-state index < -0.39 is 5.97 Å². The summed E-state index contributed by atoms with van der Waals surface area (Å²) in [4.78, 5) is 10.3. The summed E-state index contributed by atoms with van der Waals surface area (Å²) in [5, 5.41) is 11.9. The zero-order valence-corrected chi connectivity index (χ0v) is 11.3. The Morgan fingerprint density at radius 2 is 1.41 bits per heavy atom. The highest BCUT2D eigenvalue weighted by Crippen LogP contribution is 2.09. The highest BCUT2D eigenvalue weighted by Gasteiger charge is 1.96. The molecule has 102 valence electrons. The molecule has 3 heteroatoms. The molecular weight excluding hydrogens is 214 g/mol. The normalized spacial score (nSPS) is 10.6. The van der Waals surface area contributed by atoms with Gasteiger partial charge in [-0.15, -0.1) is 0 Å². The van der Waals surface area contributed by atoms with Crippen LogP contribution in [0.3, 0.4) is 0 Å². The van der Waals surface area contributed by atoms with Crippen LogP contribution in [0.5, 0.6) is 0 Å². The number of unbranched alkanes of at least 4 members (excludes halogenated alkanes) is 7. The summed E-state index contributed by atoms with van der Waals surface area (Å²) < 4.78 is 0. The monoisotopic (exact) mass is 243 g/mol. The van der Waals surface area contributed by atoms with E-state index >= 15 is 0 Å². The fourth-order valence-corrected chi connectivity index (χ4v) is 1.89. The van der Waals surface area contributed by atoms with Gasteiger partial charge in [0.15, 0.2) is 0 Å². The molecule has 0 aliphatic heterocycles. The molecule has 0 fully saturated rings. The van der Waals surface area contributed by atoms with Crippen LogP contribution in [-0.2, 0) is 4.79 Å². The van der Waals surface area contributed by atoms with E-state index in [2.05, 4.69) is 12.2 Å². The highest BCUT2D eigenvalue weighted by molar-refractivity contribution is 5.66. The van der Waals surface area contributed by atoms with Gasteiger partial charge >= 0.3 is 5.97 Å². The smallest absolute Gasteiger partial charge is 0.303 e. The fraction of sp³-hybridized carbons (Fsp3) is 0.929. The van der Waals surface area contributed by atoms with Crippen LogP contribution in [0.1, 0.15) is 71.1 Å². The lowest BCUT2D eigenvalue weighted by molar-refractivity contribution is -0.137. The maximum Gasteiger partial charge on any atom is 0.303 e. The molecule has 0 bridgehead atoms. The zero-order chi connectivity index (χ0) is 12.8. The molecule has 0 aromatic carbocycles. The molecule has 3 nitrogen and oxygen atoms in total. The van der Waals surface area contributed by atoms with E-state index in [0.29, 0.717) is 6.42 Å². The Morgan fingerprint density at radius 1 is 0.882 bits per heavy atom. The van der Waals surface area contributed by atoms with Crippen LogP contribution in [-0.4, -0.2) is 24.2 Å². The van der Waals surface area contributed by atoms with Gasteiger partial charge in [0.25, 0.3) is 0 Å². The molecule has 0 unspecified atom stereocenters. The SMILES string of the molecule is CCCNCCCCCCCCCCC(=O)O. The van der Waals surface area contributed by atoms with Gasteiger partial charge in [-0.2, -0.15) is 0 Å². The second-order valence-electron chi connectivity index (χ2n) is 4.72. The summed E-state index contributed by atoms with van der Waals surface area (Å²) in [5.41, 5.74) is 0. The molecule has 0 saturated heterocycles. The van der Waals surface area contributed by atoms with Crippen LogP contribution in [0.15, 0.2) is 0 Å². The minimum Gasteiger partial charge on any atom is -0.481 e. The third-order valence-electron chi connectivity index (χ3n) is 2.92. The minimum absolute atomic E-state index is 0.336. The molecule has 0 saturated carbocycles. The summed E-state index contributed by atoms with van der Waals surface area (Å²) in [6.07, 6.45) is 11.2. The van der Waals surface area contributed by atoms with Gasteiger partial charge in [-0.25, -0.2) is 0 Å². The van der Waals surface area contributed by atoms with Crippen LogP contribution in [0.25, 0.3) is 0 Å². The van der Waals surface area contributed by atoms with E-state index in [4.69, 9.17) is 5.11 Å². The number of hydrogen-bond donors (Lipinski definition) is 2. The maximum atomic E-state index is 10.3. The first kappa shape index (κ1) is 16.4. The number of carboxylic acid groups (broad SMARTS) is 1. The number of hydrogen-bond acceptors (Lipinski definition) is 2. The Bertz CT molecular complexity index is 172. The van der Waals surface area contributed by atoms with Gasteiger partial charge in [-0.1, -0.05) is 45.4 Å². The van der Waals surface area contributed by atoms with Crippen molar-refractivity contribution < 1.29 is 9.90 Å². The fourth-order valence-electron chi connectivity index (χ4n) is 1.89. The van der Waals surface area contributed by atoms with Crippen LogP contribution in [0.4, 0.5) is 0 Å². The molecule has 0 spiro atoms. The second-order valence-corrected chi connectivity index (χ2v) is 4.72. The standard InChI is InChI=1S/C14H29NO2/c1-2-12-15-13-10-8-6-4-3-5-7-9-11-14(16)17/h15H,2-13H2,1H3,(H,16,17). The van der Waals surface area contributed by atoms with Crippen molar-refractivity contribution in [2.24, 2.45) is 0 Å². The van der Waals surface area contributed by atoms with E-state index in [1.807, 2.05) is 0 Å². The van der Waals surface area contributed by atoms with Crippen molar-refractivity contribution in [2.45, 2.75) is 71.1 Å². The van der Waals surface area contributed by atoms with Crippen LogP contribution < -0.4 is 5.32 Å². The Labute approximate surface area is 106 Å². The molecule has 0 aliphatic rings.